The fourth-order valence-electron chi connectivity index (χ4n) is 4.07. The van der Waals surface area contributed by atoms with E-state index < -0.39 is 10.0 Å². The van der Waals surface area contributed by atoms with Gasteiger partial charge < -0.3 is 4.90 Å². The number of hydrogen-bond acceptors (Lipinski definition) is 4. The topological polar surface area (TPSA) is 60.9 Å². The van der Waals surface area contributed by atoms with Gasteiger partial charge in [-0.2, -0.15) is 4.31 Å². The smallest absolute Gasteiger partial charge is 0.253 e. The molecule has 0 aliphatic carbocycles. The minimum atomic E-state index is -3.45. The molecule has 164 valence electrons. The molecule has 7 heteroatoms. The van der Waals surface area contributed by atoms with Gasteiger partial charge in [-0.25, -0.2) is 8.42 Å². The van der Waals surface area contributed by atoms with E-state index in [9.17, 15) is 13.2 Å². The van der Waals surface area contributed by atoms with Crippen molar-refractivity contribution in [3.8, 4) is 0 Å². The highest BCUT2D eigenvalue weighted by molar-refractivity contribution is 7.89. The van der Waals surface area contributed by atoms with Crippen LogP contribution >= 0.6 is 0 Å². The standard InChI is InChI=1S/C24H29N3O3S/c28-24(22-10-12-23(13-11-22)31(29,30)27-15-4-5-16-27)26-19-17-25(18-20-26)14-6-9-21-7-2-1-3-8-21/h1-3,6-13H,4-5,14-20H2/b9-6+. The number of carbonyl (C=O) groups is 1. The molecule has 0 N–H and O–H groups in total. The van der Waals surface area contributed by atoms with Gasteiger partial charge in [0.15, 0.2) is 0 Å². The summed E-state index contributed by atoms with van der Waals surface area (Å²) in [5.74, 6) is -0.0374. The molecule has 0 radical (unpaired) electrons. The van der Waals surface area contributed by atoms with Gasteiger partial charge in [0.25, 0.3) is 5.91 Å². The summed E-state index contributed by atoms with van der Waals surface area (Å²) < 4.78 is 26.8. The van der Waals surface area contributed by atoms with Crippen LogP contribution in [0.2, 0.25) is 0 Å². The van der Waals surface area contributed by atoms with Crippen molar-refractivity contribution in [3.63, 3.8) is 0 Å². The zero-order valence-electron chi connectivity index (χ0n) is 17.7. The average molecular weight is 440 g/mol. The van der Waals surface area contributed by atoms with Crippen molar-refractivity contribution in [3.05, 3.63) is 71.8 Å². The predicted octanol–water partition coefficient (Wildman–Crippen LogP) is 2.94. The Morgan fingerprint density at radius 2 is 1.48 bits per heavy atom. The Morgan fingerprint density at radius 1 is 0.839 bits per heavy atom. The summed E-state index contributed by atoms with van der Waals surface area (Å²) in [5, 5.41) is 0. The van der Waals surface area contributed by atoms with Gasteiger partial charge in [-0.15, -0.1) is 0 Å². The Morgan fingerprint density at radius 3 is 2.13 bits per heavy atom. The van der Waals surface area contributed by atoms with Gasteiger partial charge in [0.05, 0.1) is 4.90 Å². The van der Waals surface area contributed by atoms with Crippen molar-refractivity contribution in [1.82, 2.24) is 14.1 Å². The van der Waals surface area contributed by atoms with E-state index in [0.717, 1.165) is 32.5 Å². The van der Waals surface area contributed by atoms with E-state index in [2.05, 4.69) is 29.2 Å². The van der Waals surface area contributed by atoms with E-state index in [-0.39, 0.29) is 10.8 Å². The van der Waals surface area contributed by atoms with E-state index in [1.807, 2.05) is 23.1 Å². The molecule has 0 bridgehead atoms. The minimum Gasteiger partial charge on any atom is -0.336 e. The summed E-state index contributed by atoms with van der Waals surface area (Å²) in [5.41, 5.74) is 1.73. The molecule has 6 nitrogen and oxygen atoms in total. The normalized spacial score (nSPS) is 18.6. The lowest BCUT2D eigenvalue weighted by atomic mass is 10.2. The first-order valence-electron chi connectivity index (χ1n) is 10.9. The maximum absolute atomic E-state index is 12.9. The second kappa shape index (κ2) is 9.77. The molecule has 0 spiro atoms. The average Bonchev–Trinajstić information content (AvgIpc) is 3.36. The summed E-state index contributed by atoms with van der Waals surface area (Å²) in [6, 6.07) is 16.6. The third-order valence-corrected chi connectivity index (χ3v) is 7.85. The van der Waals surface area contributed by atoms with E-state index in [0.29, 0.717) is 31.7 Å². The molecule has 2 aliphatic rings. The number of nitrogens with zero attached hydrogens (tertiary/aromatic N) is 3. The number of amides is 1. The molecule has 4 rings (SSSR count). The third-order valence-electron chi connectivity index (χ3n) is 5.94. The molecule has 0 aromatic heterocycles. The summed E-state index contributed by atoms with van der Waals surface area (Å²) in [4.78, 5) is 17.3. The summed E-state index contributed by atoms with van der Waals surface area (Å²) in [7, 11) is -3.45. The number of sulfonamides is 1. The first kappa shape index (κ1) is 21.7. The van der Waals surface area contributed by atoms with Crippen molar-refractivity contribution < 1.29 is 13.2 Å². The fourth-order valence-corrected chi connectivity index (χ4v) is 5.58. The van der Waals surface area contributed by atoms with Crippen molar-refractivity contribution in [1.29, 1.82) is 0 Å². The summed E-state index contributed by atoms with van der Waals surface area (Å²) >= 11 is 0. The molecule has 2 fully saturated rings. The fraction of sp³-hybridized carbons (Fsp3) is 0.375. The molecule has 2 aliphatic heterocycles. The highest BCUT2D eigenvalue weighted by Gasteiger charge is 2.28. The summed E-state index contributed by atoms with van der Waals surface area (Å²) in [6.45, 7) is 5.01. The number of piperazine rings is 1. The minimum absolute atomic E-state index is 0.0374. The highest BCUT2D eigenvalue weighted by atomic mass is 32.2. The second-order valence-electron chi connectivity index (χ2n) is 8.04. The number of benzene rings is 2. The van der Waals surface area contributed by atoms with Crippen LogP contribution in [0.15, 0.2) is 65.6 Å². The predicted molar refractivity (Wildman–Crippen MR) is 122 cm³/mol. The van der Waals surface area contributed by atoms with Gasteiger partial charge in [0.1, 0.15) is 0 Å². The van der Waals surface area contributed by atoms with Crippen LogP contribution in [0.3, 0.4) is 0 Å². The first-order valence-corrected chi connectivity index (χ1v) is 12.3. The molecule has 0 saturated carbocycles. The van der Waals surface area contributed by atoms with Crippen LogP contribution in [0.25, 0.3) is 6.08 Å². The van der Waals surface area contributed by atoms with Crippen molar-refractivity contribution in [2.24, 2.45) is 0 Å². The lowest BCUT2D eigenvalue weighted by Gasteiger charge is -2.34. The lowest BCUT2D eigenvalue weighted by molar-refractivity contribution is 0.0650. The molecule has 0 atom stereocenters. The van der Waals surface area contributed by atoms with Crippen LogP contribution in [0.5, 0.6) is 0 Å². The van der Waals surface area contributed by atoms with Crippen LogP contribution < -0.4 is 0 Å². The van der Waals surface area contributed by atoms with Gasteiger partial charge in [0.2, 0.25) is 10.0 Å². The van der Waals surface area contributed by atoms with Gasteiger partial charge >= 0.3 is 0 Å². The zero-order valence-corrected chi connectivity index (χ0v) is 18.5. The molecular weight excluding hydrogens is 410 g/mol. The number of rotatable bonds is 6. The molecule has 2 saturated heterocycles. The molecule has 1 amide bonds. The van der Waals surface area contributed by atoms with Gasteiger partial charge in [-0.3, -0.25) is 9.69 Å². The molecule has 2 heterocycles. The molecule has 2 aromatic rings. The van der Waals surface area contributed by atoms with E-state index in [1.54, 1.807) is 24.3 Å². The van der Waals surface area contributed by atoms with Crippen molar-refractivity contribution >= 4 is 22.0 Å². The van der Waals surface area contributed by atoms with Crippen LogP contribution in [-0.4, -0.2) is 74.2 Å². The Bertz CT molecular complexity index is 1010. The molecule has 2 aromatic carbocycles. The Balaban J connectivity index is 1.30. The molecule has 31 heavy (non-hydrogen) atoms. The molecule has 0 unspecified atom stereocenters. The Kier molecular flexibility index (Phi) is 6.85. The zero-order chi connectivity index (χ0) is 21.7. The van der Waals surface area contributed by atoms with E-state index in [4.69, 9.17) is 0 Å². The first-order chi connectivity index (χ1) is 15.0. The Hall–Kier alpha value is -2.48. The van der Waals surface area contributed by atoms with E-state index >= 15 is 0 Å². The highest BCUT2D eigenvalue weighted by Crippen LogP contribution is 2.21. The SMILES string of the molecule is O=C(c1ccc(S(=O)(=O)N2CCCC2)cc1)N1CCN(C/C=C/c2ccccc2)CC1. The largest absolute Gasteiger partial charge is 0.336 e. The lowest BCUT2D eigenvalue weighted by Crippen LogP contribution is -2.48. The monoisotopic (exact) mass is 439 g/mol. The van der Waals surface area contributed by atoms with Crippen molar-refractivity contribution in [2.75, 3.05) is 45.8 Å². The molecular formula is C24H29N3O3S. The van der Waals surface area contributed by atoms with Crippen LogP contribution in [-0.2, 0) is 10.0 Å². The van der Waals surface area contributed by atoms with Crippen molar-refractivity contribution in [2.45, 2.75) is 17.7 Å². The van der Waals surface area contributed by atoms with Gasteiger partial charge in [-0.1, -0.05) is 42.5 Å². The third kappa shape index (κ3) is 5.23. The maximum atomic E-state index is 12.9. The number of hydrogen-bond donors (Lipinski definition) is 0. The second-order valence-corrected chi connectivity index (χ2v) is 9.98. The van der Waals surface area contributed by atoms with Gasteiger partial charge in [-0.05, 0) is 42.7 Å². The van der Waals surface area contributed by atoms with Crippen LogP contribution in [0.4, 0.5) is 0 Å². The summed E-state index contributed by atoms with van der Waals surface area (Å²) in [6.07, 6.45) is 6.09. The van der Waals surface area contributed by atoms with Crippen LogP contribution in [0, 0.1) is 0 Å². The van der Waals surface area contributed by atoms with Gasteiger partial charge in [0, 0.05) is 51.4 Å². The van der Waals surface area contributed by atoms with Crippen LogP contribution in [0.1, 0.15) is 28.8 Å². The Labute approximate surface area is 184 Å². The van der Waals surface area contributed by atoms with E-state index in [1.165, 1.54) is 9.87 Å². The number of carbonyl (C=O) groups excluding carboxylic acids is 1. The maximum Gasteiger partial charge on any atom is 0.253 e. The quantitative estimate of drug-likeness (QED) is 0.694.